The molecular formula is C15H21NO3S. The number of hydrogen-bond donors (Lipinski definition) is 2. The van der Waals surface area contributed by atoms with Crippen LogP contribution in [0.4, 0.5) is 0 Å². The van der Waals surface area contributed by atoms with Crippen molar-refractivity contribution >= 4 is 23.2 Å². The molecular weight excluding hydrogens is 274 g/mol. The topological polar surface area (TPSA) is 66.4 Å². The molecule has 20 heavy (non-hydrogen) atoms. The number of aryl methyl sites for hydroxylation is 1. The van der Waals surface area contributed by atoms with Crippen LogP contribution in [0.15, 0.2) is 5.38 Å². The summed E-state index contributed by atoms with van der Waals surface area (Å²) < 4.78 is 0. The van der Waals surface area contributed by atoms with E-state index in [0.29, 0.717) is 12.8 Å². The minimum Gasteiger partial charge on any atom is -0.481 e. The Hall–Kier alpha value is -1.36. The second-order valence-corrected chi connectivity index (χ2v) is 6.38. The fraction of sp³-hybridized carbons (Fsp3) is 0.600. The Morgan fingerprint density at radius 1 is 1.40 bits per heavy atom. The van der Waals surface area contributed by atoms with Gasteiger partial charge in [0.05, 0.1) is 5.56 Å². The summed E-state index contributed by atoms with van der Waals surface area (Å²) >= 11 is 1.69. The van der Waals surface area contributed by atoms with Crippen LogP contribution in [0.1, 0.15) is 59.8 Å². The second kappa shape index (κ2) is 6.88. The summed E-state index contributed by atoms with van der Waals surface area (Å²) in [5.74, 6) is -0.789. The van der Waals surface area contributed by atoms with Crippen LogP contribution in [-0.4, -0.2) is 23.0 Å². The van der Waals surface area contributed by atoms with Gasteiger partial charge in [0.25, 0.3) is 5.91 Å². The van der Waals surface area contributed by atoms with Crippen molar-refractivity contribution in [3.8, 4) is 0 Å². The van der Waals surface area contributed by atoms with Gasteiger partial charge in [0.2, 0.25) is 0 Å². The molecule has 0 aliphatic heterocycles. The average Bonchev–Trinajstić information content (AvgIpc) is 2.82. The Morgan fingerprint density at radius 3 is 2.90 bits per heavy atom. The number of carboxylic acids is 1. The zero-order valence-corrected chi connectivity index (χ0v) is 12.6. The normalized spacial score (nSPS) is 15.4. The van der Waals surface area contributed by atoms with Crippen LogP contribution < -0.4 is 5.32 Å². The van der Waals surface area contributed by atoms with E-state index in [2.05, 4.69) is 5.32 Å². The molecule has 110 valence electrons. The van der Waals surface area contributed by atoms with Gasteiger partial charge in [0.1, 0.15) is 0 Å². The molecule has 0 radical (unpaired) electrons. The first kappa shape index (κ1) is 15.0. The first-order valence-corrected chi connectivity index (χ1v) is 8.07. The summed E-state index contributed by atoms with van der Waals surface area (Å²) in [4.78, 5) is 24.1. The minimum absolute atomic E-state index is 0.00720. The highest BCUT2D eigenvalue weighted by Gasteiger charge is 2.20. The third kappa shape index (κ3) is 3.82. The number of carbonyl (C=O) groups is 2. The first-order chi connectivity index (χ1) is 9.58. The molecule has 0 fully saturated rings. The number of fused-ring (bicyclic) bond motifs is 1. The summed E-state index contributed by atoms with van der Waals surface area (Å²) in [5.41, 5.74) is 2.06. The molecule has 1 aliphatic carbocycles. The molecule has 1 aromatic rings. The molecule has 0 aromatic carbocycles. The van der Waals surface area contributed by atoms with Crippen LogP contribution in [0.5, 0.6) is 0 Å². The largest absolute Gasteiger partial charge is 0.481 e. The van der Waals surface area contributed by atoms with Gasteiger partial charge in [-0.2, -0.15) is 0 Å². The van der Waals surface area contributed by atoms with Crippen LogP contribution in [0.3, 0.4) is 0 Å². The van der Waals surface area contributed by atoms with E-state index in [1.54, 1.807) is 11.3 Å². The molecule has 1 unspecified atom stereocenters. The number of carboxylic acid groups (broad SMARTS) is 1. The number of carbonyl (C=O) groups excluding carboxylic acids is 1. The third-order valence-electron chi connectivity index (χ3n) is 3.71. The predicted molar refractivity (Wildman–Crippen MR) is 79.4 cm³/mol. The van der Waals surface area contributed by atoms with Crippen molar-refractivity contribution in [2.75, 3.05) is 0 Å². The van der Waals surface area contributed by atoms with Crippen molar-refractivity contribution in [1.29, 1.82) is 0 Å². The van der Waals surface area contributed by atoms with Crippen LogP contribution in [0, 0.1) is 0 Å². The van der Waals surface area contributed by atoms with E-state index in [0.717, 1.165) is 24.8 Å². The lowest BCUT2D eigenvalue weighted by Gasteiger charge is -2.15. The number of aliphatic carboxylic acids is 1. The molecule has 0 spiro atoms. The third-order valence-corrected chi connectivity index (χ3v) is 4.80. The van der Waals surface area contributed by atoms with Crippen LogP contribution in [0.25, 0.3) is 0 Å². The molecule has 0 bridgehead atoms. The number of amides is 1. The first-order valence-electron chi connectivity index (χ1n) is 7.20. The molecule has 2 N–H and O–H groups in total. The van der Waals surface area contributed by atoms with Gasteiger partial charge in [-0.05, 0) is 51.0 Å². The lowest BCUT2D eigenvalue weighted by atomic mass is 9.95. The molecule has 1 aliphatic rings. The van der Waals surface area contributed by atoms with Gasteiger partial charge in [-0.1, -0.05) is 0 Å². The van der Waals surface area contributed by atoms with Crippen molar-refractivity contribution in [1.82, 2.24) is 5.32 Å². The van der Waals surface area contributed by atoms with E-state index in [1.807, 2.05) is 12.3 Å². The van der Waals surface area contributed by atoms with E-state index >= 15 is 0 Å². The highest BCUT2D eigenvalue weighted by atomic mass is 32.1. The maximum Gasteiger partial charge on any atom is 0.303 e. The molecule has 0 saturated carbocycles. The molecule has 1 amide bonds. The van der Waals surface area contributed by atoms with Gasteiger partial charge >= 0.3 is 5.97 Å². The van der Waals surface area contributed by atoms with Crippen molar-refractivity contribution in [3.63, 3.8) is 0 Å². The predicted octanol–water partition coefficient (Wildman–Crippen LogP) is 3.00. The van der Waals surface area contributed by atoms with Gasteiger partial charge < -0.3 is 10.4 Å². The Morgan fingerprint density at radius 2 is 2.15 bits per heavy atom. The number of nitrogens with one attached hydrogen (secondary N) is 1. The van der Waals surface area contributed by atoms with Crippen molar-refractivity contribution in [2.24, 2.45) is 0 Å². The lowest BCUT2D eigenvalue weighted by Crippen LogP contribution is -2.33. The quantitative estimate of drug-likeness (QED) is 0.848. The van der Waals surface area contributed by atoms with E-state index in [1.165, 1.54) is 16.9 Å². The minimum atomic E-state index is -0.782. The Balaban J connectivity index is 1.88. The molecule has 0 saturated heterocycles. The van der Waals surface area contributed by atoms with Crippen LogP contribution >= 0.6 is 11.3 Å². The Bertz CT molecular complexity index is 495. The zero-order valence-electron chi connectivity index (χ0n) is 11.8. The number of hydrogen-bond acceptors (Lipinski definition) is 3. The summed E-state index contributed by atoms with van der Waals surface area (Å²) in [7, 11) is 0. The standard InChI is InChI=1S/C15H21NO3S/c1-10(5-4-8-14(17)18)16-15(19)12-9-20-13-7-3-2-6-11(12)13/h9-10H,2-8H2,1H3,(H,16,19)(H,17,18). The Kier molecular flexibility index (Phi) is 5.17. The Labute approximate surface area is 123 Å². The molecule has 1 atom stereocenters. The van der Waals surface area contributed by atoms with Gasteiger partial charge in [0.15, 0.2) is 0 Å². The summed E-state index contributed by atoms with van der Waals surface area (Å²) in [6.45, 7) is 1.93. The highest BCUT2D eigenvalue weighted by molar-refractivity contribution is 7.10. The summed E-state index contributed by atoms with van der Waals surface area (Å²) in [6, 6.07) is 0.0148. The van der Waals surface area contributed by atoms with Gasteiger partial charge in [-0.25, -0.2) is 0 Å². The fourth-order valence-electron chi connectivity index (χ4n) is 2.62. The fourth-order valence-corrected chi connectivity index (χ4v) is 3.74. The smallest absolute Gasteiger partial charge is 0.303 e. The maximum atomic E-state index is 12.3. The average molecular weight is 295 g/mol. The maximum absolute atomic E-state index is 12.3. The molecule has 1 aromatic heterocycles. The molecule has 1 heterocycles. The zero-order chi connectivity index (χ0) is 14.5. The number of rotatable bonds is 6. The molecule has 5 heteroatoms. The summed E-state index contributed by atoms with van der Waals surface area (Å²) in [5, 5.41) is 13.6. The number of thiophene rings is 1. The van der Waals surface area contributed by atoms with Crippen molar-refractivity contribution in [2.45, 2.75) is 57.9 Å². The highest BCUT2D eigenvalue weighted by Crippen LogP contribution is 2.30. The second-order valence-electron chi connectivity index (χ2n) is 5.42. The van der Waals surface area contributed by atoms with E-state index < -0.39 is 5.97 Å². The van der Waals surface area contributed by atoms with Crippen molar-refractivity contribution < 1.29 is 14.7 Å². The SMILES string of the molecule is CC(CCCC(=O)O)NC(=O)c1csc2c1CCCC2. The molecule has 4 nitrogen and oxygen atoms in total. The molecule has 2 rings (SSSR count). The van der Waals surface area contributed by atoms with E-state index in [9.17, 15) is 9.59 Å². The van der Waals surface area contributed by atoms with Gasteiger partial charge in [0, 0.05) is 22.7 Å². The summed E-state index contributed by atoms with van der Waals surface area (Å²) in [6.07, 6.45) is 5.95. The van der Waals surface area contributed by atoms with E-state index in [-0.39, 0.29) is 18.4 Å². The van der Waals surface area contributed by atoms with Gasteiger partial charge in [-0.3, -0.25) is 9.59 Å². The van der Waals surface area contributed by atoms with Crippen molar-refractivity contribution in [3.05, 3.63) is 21.4 Å². The van der Waals surface area contributed by atoms with Crippen LogP contribution in [-0.2, 0) is 17.6 Å². The van der Waals surface area contributed by atoms with Crippen LogP contribution in [0.2, 0.25) is 0 Å². The van der Waals surface area contributed by atoms with Gasteiger partial charge in [-0.15, -0.1) is 11.3 Å². The monoisotopic (exact) mass is 295 g/mol. The van der Waals surface area contributed by atoms with E-state index in [4.69, 9.17) is 5.11 Å². The lowest BCUT2D eigenvalue weighted by molar-refractivity contribution is -0.137.